The molecule has 0 aromatic rings. The highest BCUT2D eigenvalue weighted by Crippen LogP contribution is 2.00. The van der Waals surface area contributed by atoms with Crippen molar-refractivity contribution in [2.24, 2.45) is 0 Å². The fourth-order valence-electron chi connectivity index (χ4n) is 0.460. The van der Waals surface area contributed by atoms with Crippen LogP contribution in [0.2, 0.25) is 0 Å². The Balaban J connectivity index is 4.30. The Morgan fingerprint density at radius 2 is 2.09 bits per heavy atom. The summed E-state index contributed by atoms with van der Waals surface area (Å²) in [5.74, 6) is 0. The molecule has 0 N–H and O–H groups in total. The van der Waals surface area contributed by atoms with Crippen LogP contribution >= 0.6 is 10.7 Å². The normalized spacial score (nSPS) is 14.8. The highest BCUT2D eigenvalue weighted by Gasteiger charge is 1.84. The molecule has 0 aliphatic carbocycles. The molecule has 0 aromatic carbocycles. The third-order valence-corrected chi connectivity index (χ3v) is 1.57. The van der Waals surface area contributed by atoms with Gasteiger partial charge in [0.05, 0.1) is 0 Å². The second-order valence-corrected chi connectivity index (χ2v) is 3.34. The molecule has 0 fully saturated rings. The minimum Gasteiger partial charge on any atom is -0.238 e. The number of halogens is 1. The van der Waals surface area contributed by atoms with Crippen molar-refractivity contribution in [2.75, 3.05) is 0 Å². The molecule has 0 saturated carbocycles. The number of allylic oxidation sites excluding steroid dienone is 5. The largest absolute Gasteiger partial charge is 0.238 e. The fourth-order valence-corrected chi connectivity index (χ4v) is 0.878. The molecule has 60 valence electrons. The van der Waals surface area contributed by atoms with Crippen molar-refractivity contribution in [1.29, 1.82) is 0 Å². The summed E-state index contributed by atoms with van der Waals surface area (Å²) in [6.07, 6.45) is 6.62. The van der Waals surface area contributed by atoms with E-state index in [1.165, 1.54) is 5.41 Å². The van der Waals surface area contributed by atoms with Crippen molar-refractivity contribution in [3.63, 3.8) is 0 Å². The van der Waals surface area contributed by atoms with Gasteiger partial charge in [-0.1, -0.05) is 31.4 Å². The first-order valence-corrected chi connectivity index (χ1v) is 4.95. The molecular weight excluding hydrogens is 180 g/mol. The van der Waals surface area contributed by atoms with Crippen LogP contribution in [0.1, 0.15) is 0 Å². The smallest absolute Gasteiger partial charge is 0.140 e. The summed E-state index contributed by atoms with van der Waals surface area (Å²) in [6.45, 7) is 7.06. The van der Waals surface area contributed by atoms with Crippen molar-refractivity contribution < 1.29 is 4.21 Å². The number of rotatable bonds is 4. The van der Waals surface area contributed by atoms with Gasteiger partial charge < -0.3 is 0 Å². The lowest BCUT2D eigenvalue weighted by atomic mass is 10.2. The zero-order chi connectivity index (χ0) is 8.69. The minimum absolute atomic E-state index is 0.828. The average molecular weight is 189 g/mol. The van der Waals surface area contributed by atoms with Crippen molar-refractivity contribution in [2.45, 2.75) is 0 Å². The van der Waals surface area contributed by atoms with Gasteiger partial charge in [0.2, 0.25) is 0 Å². The topological polar surface area (TPSA) is 17.1 Å². The lowest BCUT2D eigenvalue weighted by Gasteiger charge is -1.87. The molecule has 11 heavy (non-hydrogen) atoms. The molecule has 0 aliphatic rings. The average Bonchev–Trinajstić information content (AvgIpc) is 1.97. The van der Waals surface area contributed by atoms with Gasteiger partial charge in [-0.2, -0.15) is 0 Å². The molecule has 0 rings (SSSR count). The first-order chi connectivity index (χ1) is 5.20. The van der Waals surface area contributed by atoms with Crippen LogP contribution in [0.3, 0.4) is 0 Å². The summed E-state index contributed by atoms with van der Waals surface area (Å²) in [4.78, 5) is 0. The Bertz CT molecular complexity index is 228. The van der Waals surface area contributed by atoms with Gasteiger partial charge in [0, 0.05) is 5.41 Å². The number of hydrogen-bond acceptors (Lipinski definition) is 1. The van der Waals surface area contributed by atoms with Gasteiger partial charge in [0.15, 0.2) is 0 Å². The molecule has 0 aromatic heterocycles. The molecule has 1 unspecified atom stereocenters. The van der Waals surface area contributed by atoms with E-state index in [9.17, 15) is 4.21 Å². The molecule has 0 saturated heterocycles. The lowest BCUT2D eigenvalue weighted by molar-refractivity contribution is 0.695. The molecule has 0 heterocycles. The van der Waals surface area contributed by atoms with E-state index in [1.807, 2.05) is 0 Å². The van der Waals surface area contributed by atoms with E-state index >= 15 is 0 Å². The maximum atomic E-state index is 10.4. The Kier molecular flexibility index (Phi) is 5.80. The first-order valence-electron chi connectivity index (χ1n) is 2.91. The van der Waals surface area contributed by atoms with Gasteiger partial charge in [-0.25, -0.2) is 4.21 Å². The van der Waals surface area contributed by atoms with Crippen molar-refractivity contribution in [3.05, 3.63) is 48.4 Å². The highest BCUT2D eigenvalue weighted by atomic mass is 35.7. The first kappa shape index (κ1) is 10.4. The SMILES string of the molecule is C=C/C=C(C=C)/C=C/S(=O)Cl. The molecule has 3 heteroatoms. The summed E-state index contributed by atoms with van der Waals surface area (Å²) in [5, 5.41) is 1.37. The summed E-state index contributed by atoms with van der Waals surface area (Å²) in [5.41, 5.74) is 0.828. The Hall–Kier alpha value is -0.600. The standard InChI is InChI=1S/C8H9ClOS/c1-3-5-8(4-2)6-7-11(9)10/h3-7H,1-2H2/b7-6+,8-5+. The van der Waals surface area contributed by atoms with Crippen LogP contribution in [0, 0.1) is 0 Å². The van der Waals surface area contributed by atoms with Crippen LogP contribution in [-0.2, 0) is 10.0 Å². The van der Waals surface area contributed by atoms with Crippen molar-refractivity contribution in [1.82, 2.24) is 0 Å². The predicted octanol–water partition coefficient (Wildman–Crippen LogP) is 2.70. The maximum absolute atomic E-state index is 10.4. The Labute approximate surface area is 73.7 Å². The van der Waals surface area contributed by atoms with E-state index in [1.54, 1.807) is 24.3 Å². The molecule has 1 nitrogen and oxygen atoms in total. The molecule has 0 spiro atoms. The monoisotopic (exact) mass is 188 g/mol. The van der Waals surface area contributed by atoms with Gasteiger partial charge in [0.25, 0.3) is 0 Å². The lowest BCUT2D eigenvalue weighted by Crippen LogP contribution is -1.70. The van der Waals surface area contributed by atoms with E-state index in [2.05, 4.69) is 13.2 Å². The minimum atomic E-state index is -1.42. The van der Waals surface area contributed by atoms with Crippen LogP contribution in [0.5, 0.6) is 0 Å². The maximum Gasteiger partial charge on any atom is 0.140 e. The second-order valence-electron chi connectivity index (χ2n) is 1.66. The van der Waals surface area contributed by atoms with Crippen LogP contribution < -0.4 is 0 Å². The third kappa shape index (κ3) is 5.83. The van der Waals surface area contributed by atoms with E-state index < -0.39 is 10.0 Å². The highest BCUT2D eigenvalue weighted by molar-refractivity contribution is 8.10. The van der Waals surface area contributed by atoms with E-state index in [0.717, 1.165) is 5.57 Å². The summed E-state index contributed by atoms with van der Waals surface area (Å²) in [7, 11) is 3.75. The zero-order valence-electron chi connectivity index (χ0n) is 6.00. The van der Waals surface area contributed by atoms with Crippen LogP contribution in [-0.4, -0.2) is 4.21 Å². The predicted molar refractivity (Wildman–Crippen MR) is 51.6 cm³/mol. The van der Waals surface area contributed by atoms with Gasteiger partial charge >= 0.3 is 0 Å². The van der Waals surface area contributed by atoms with Crippen LogP contribution in [0.15, 0.2) is 48.4 Å². The summed E-state index contributed by atoms with van der Waals surface area (Å²) >= 11 is 0. The van der Waals surface area contributed by atoms with Crippen molar-refractivity contribution in [3.8, 4) is 0 Å². The molecule has 0 aliphatic heterocycles. The van der Waals surface area contributed by atoms with Gasteiger partial charge in [-0.05, 0) is 22.3 Å². The van der Waals surface area contributed by atoms with E-state index in [0.29, 0.717) is 0 Å². The number of hydrogen-bond donors (Lipinski definition) is 0. The van der Waals surface area contributed by atoms with E-state index in [4.69, 9.17) is 10.7 Å². The Morgan fingerprint density at radius 1 is 1.45 bits per heavy atom. The Morgan fingerprint density at radius 3 is 2.45 bits per heavy atom. The van der Waals surface area contributed by atoms with Crippen LogP contribution in [0.25, 0.3) is 0 Å². The van der Waals surface area contributed by atoms with Gasteiger partial charge in [0.1, 0.15) is 10.0 Å². The summed E-state index contributed by atoms with van der Waals surface area (Å²) in [6, 6.07) is 0. The zero-order valence-corrected chi connectivity index (χ0v) is 7.57. The van der Waals surface area contributed by atoms with Gasteiger partial charge in [-0.15, -0.1) is 0 Å². The van der Waals surface area contributed by atoms with Crippen molar-refractivity contribution >= 4 is 20.7 Å². The van der Waals surface area contributed by atoms with Crippen LogP contribution in [0.4, 0.5) is 0 Å². The van der Waals surface area contributed by atoms with Gasteiger partial charge in [-0.3, -0.25) is 0 Å². The quantitative estimate of drug-likeness (QED) is 0.490. The molecule has 1 atom stereocenters. The summed E-state index contributed by atoms with van der Waals surface area (Å²) < 4.78 is 10.4. The van der Waals surface area contributed by atoms with E-state index in [-0.39, 0.29) is 0 Å². The molecule has 0 radical (unpaired) electrons. The molecule has 0 bridgehead atoms. The third-order valence-electron chi connectivity index (χ3n) is 0.913. The molecule has 0 amide bonds. The second kappa shape index (κ2) is 6.13. The fraction of sp³-hybridized carbons (Fsp3) is 0. The molecular formula is C8H9ClOS.